The van der Waals surface area contributed by atoms with Crippen LogP contribution in [0.3, 0.4) is 0 Å². The van der Waals surface area contributed by atoms with Gasteiger partial charge < -0.3 is 10.1 Å². The van der Waals surface area contributed by atoms with Gasteiger partial charge in [-0.25, -0.2) is 8.78 Å². The summed E-state index contributed by atoms with van der Waals surface area (Å²) in [6, 6.07) is 2.10. The van der Waals surface area contributed by atoms with Crippen molar-refractivity contribution in [2.75, 3.05) is 25.6 Å². The van der Waals surface area contributed by atoms with Gasteiger partial charge in [0.25, 0.3) is 0 Å². The number of hydrogen-bond donors (Lipinski definition) is 1. The normalized spacial score (nSPS) is 10.5. The van der Waals surface area contributed by atoms with Crippen molar-refractivity contribution in [1.29, 1.82) is 0 Å². The summed E-state index contributed by atoms with van der Waals surface area (Å²) in [5.41, 5.74) is 0.304. The fraction of sp³-hybridized carbons (Fsp3) is 0.455. The van der Waals surface area contributed by atoms with Crippen LogP contribution < -0.4 is 5.32 Å². The van der Waals surface area contributed by atoms with Gasteiger partial charge >= 0.3 is 0 Å². The van der Waals surface area contributed by atoms with Gasteiger partial charge in [0, 0.05) is 30.8 Å². The molecular formula is C11H14BrF2NO. The molecule has 0 aliphatic rings. The Morgan fingerprint density at radius 3 is 2.69 bits per heavy atom. The van der Waals surface area contributed by atoms with Gasteiger partial charge in [0.1, 0.15) is 11.6 Å². The molecule has 90 valence electrons. The number of anilines is 1. The molecule has 0 saturated heterocycles. The maximum Gasteiger partial charge on any atom is 0.150 e. The van der Waals surface area contributed by atoms with Crippen LogP contribution in [0.25, 0.3) is 0 Å². The number of nitrogens with one attached hydrogen (secondary N) is 1. The zero-order valence-corrected chi connectivity index (χ0v) is 10.6. The molecule has 0 aliphatic carbocycles. The SMILES string of the molecule is COCCCCNc1c(F)cc(F)cc1Br. The van der Waals surface area contributed by atoms with Crippen LogP contribution in [0.5, 0.6) is 0 Å². The summed E-state index contributed by atoms with van der Waals surface area (Å²) < 4.78 is 31.4. The number of rotatable bonds is 6. The van der Waals surface area contributed by atoms with Gasteiger partial charge in [-0.3, -0.25) is 0 Å². The monoisotopic (exact) mass is 293 g/mol. The fourth-order valence-electron chi connectivity index (χ4n) is 1.30. The highest BCUT2D eigenvalue weighted by Crippen LogP contribution is 2.26. The lowest BCUT2D eigenvalue weighted by atomic mass is 10.2. The second-order valence-electron chi connectivity index (χ2n) is 3.37. The molecule has 2 nitrogen and oxygen atoms in total. The summed E-state index contributed by atoms with van der Waals surface area (Å²) in [7, 11) is 1.64. The summed E-state index contributed by atoms with van der Waals surface area (Å²) in [6.45, 7) is 1.32. The van der Waals surface area contributed by atoms with E-state index in [4.69, 9.17) is 4.74 Å². The van der Waals surface area contributed by atoms with E-state index in [1.54, 1.807) is 7.11 Å². The van der Waals surface area contributed by atoms with Crippen molar-refractivity contribution in [1.82, 2.24) is 0 Å². The van der Waals surface area contributed by atoms with Gasteiger partial charge in [-0.05, 0) is 34.8 Å². The van der Waals surface area contributed by atoms with Crippen LogP contribution in [-0.4, -0.2) is 20.3 Å². The van der Waals surface area contributed by atoms with Crippen molar-refractivity contribution in [2.24, 2.45) is 0 Å². The van der Waals surface area contributed by atoms with Gasteiger partial charge in [-0.15, -0.1) is 0 Å². The predicted molar refractivity (Wildman–Crippen MR) is 63.7 cm³/mol. The first-order valence-electron chi connectivity index (χ1n) is 5.02. The number of ether oxygens (including phenoxy) is 1. The zero-order chi connectivity index (χ0) is 12.0. The summed E-state index contributed by atoms with van der Waals surface area (Å²) in [6.07, 6.45) is 1.78. The molecule has 1 N–H and O–H groups in total. The first kappa shape index (κ1) is 13.4. The zero-order valence-electron chi connectivity index (χ0n) is 9.03. The molecule has 0 spiro atoms. The van der Waals surface area contributed by atoms with Crippen LogP contribution in [0.2, 0.25) is 0 Å². The lowest BCUT2D eigenvalue weighted by Crippen LogP contribution is -2.05. The van der Waals surface area contributed by atoms with Gasteiger partial charge in [-0.1, -0.05) is 0 Å². The van der Waals surface area contributed by atoms with Crippen LogP contribution in [0.1, 0.15) is 12.8 Å². The molecule has 1 rings (SSSR count). The number of halogens is 3. The van der Waals surface area contributed by atoms with E-state index in [2.05, 4.69) is 21.2 Å². The third-order valence-corrected chi connectivity index (χ3v) is 2.71. The van der Waals surface area contributed by atoms with Crippen molar-refractivity contribution in [3.8, 4) is 0 Å². The molecule has 0 fully saturated rings. The Hall–Kier alpha value is -0.680. The highest BCUT2D eigenvalue weighted by molar-refractivity contribution is 9.10. The number of methoxy groups -OCH3 is 1. The highest BCUT2D eigenvalue weighted by Gasteiger charge is 2.08. The lowest BCUT2D eigenvalue weighted by Gasteiger charge is -2.09. The Bertz CT molecular complexity index is 324. The average Bonchev–Trinajstić information content (AvgIpc) is 2.20. The Morgan fingerprint density at radius 2 is 2.06 bits per heavy atom. The molecule has 0 bridgehead atoms. The van der Waals surface area contributed by atoms with Crippen molar-refractivity contribution in [3.05, 3.63) is 28.2 Å². The van der Waals surface area contributed by atoms with E-state index in [0.29, 0.717) is 23.3 Å². The molecule has 1 aromatic rings. The standard InChI is InChI=1S/C11H14BrF2NO/c1-16-5-3-2-4-15-11-9(12)6-8(13)7-10(11)14/h6-7,15H,2-5H2,1H3. The second-order valence-corrected chi connectivity index (χ2v) is 4.23. The molecule has 1 aromatic carbocycles. The van der Waals surface area contributed by atoms with Crippen molar-refractivity contribution >= 4 is 21.6 Å². The lowest BCUT2D eigenvalue weighted by molar-refractivity contribution is 0.194. The van der Waals surface area contributed by atoms with Gasteiger partial charge in [0.15, 0.2) is 0 Å². The number of unbranched alkanes of at least 4 members (excludes halogenated alkanes) is 1. The van der Waals surface area contributed by atoms with Crippen LogP contribution in [0.15, 0.2) is 16.6 Å². The summed E-state index contributed by atoms with van der Waals surface area (Å²) in [5, 5.41) is 2.92. The van der Waals surface area contributed by atoms with E-state index in [0.717, 1.165) is 18.9 Å². The predicted octanol–water partition coefficient (Wildman–Crippen LogP) is 3.57. The molecule has 0 unspecified atom stereocenters. The van der Waals surface area contributed by atoms with Gasteiger partial charge in [-0.2, -0.15) is 0 Å². The van der Waals surface area contributed by atoms with Crippen LogP contribution in [0.4, 0.5) is 14.5 Å². The molecule has 5 heteroatoms. The maximum atomic E-state index is 13.3. The molecule has 0 aromatic heterocycles. The van der Waals surface area contributed by atoms with E-state index in [1.165, 1.54) is 6.07 Å². The largest absolute Gasteiger partial charge is 0.385 e. The van der Waals surface area contributed by atoms with Gasteiger partial charge in [0.2, 0.25) is 0 Å². The Kier molecular flexibility index (Phi) is 5.69. The van der Waals surface area contributed by atoms with Crippen molar-refractivity contribution < 1.29 is 13.5 Å². The average molecular weight is 294 g/mol. The number of hydrogen-bond acceptors (Lipinski definition) is 2. The molecule has 16 heavy (non-hydrogen) atoms. The minimum absolute atomic E-state index is 0.304. The first-order chi connectivity index (χ1) is 7.65. The molecule has 0 heterocycles. The van der Waals surface area contributed by atoms with Gasteiger partial charge in [0.05, 0.1) is 5.69 Å². The van der Waals surface area contributed by atoms with Crippen molar-refractivity contribution in [2.45, 2.75) is 12.8 Å². The Labute approximate surface area is 102 Å². The first-order valence-corrected chi connectivity index (χ1v) is 5.82. The van der Waals surface area contributed by atoms with Crippen LogP contribution in [-0.2, 0) is 4.74 Å². The summed E-state index contributed by atoms with van der Waals surface area (Å²) >= 11 is 3.11. The topological polar surface area (TPSA) is 21.3 Å². The minimum Gasteiger partial charge on any atom is -0.385 e. The van der Waals surface area contributed by atoms with E-state index in [9.17, 15) is 8.78 Å². The third kappa shape index (κ3) is 4.06. The minimum atomic E-state index is -0.589. The quantitative estimate of drug-likeness (QED) is 0.810. The maximum absolute atomic E-state index is 13.3. The Morgan fingerprint density at radius 1 is 1.31 bits per heavy atom. The second kappa shape index (κ2) is 6.81. The fourth-order valence-corrected chi connectivity index (χ4v) is 1.84. The summed E-state index contributed by atoms with van der Waals surface area (Å²) in [4.78, 5) is 0. The van der Waals surface area contributed by atoms with E-state index < -0.39 is 11.6 Å². The third-order valence-electron chi connectivity index (χ3n) is 2.08. The van der Waals surface area contributed by atoms with Crippen LogP contribution in [0, 0.1) is 11.6 Å². The molecule has 0 atom stereocenters. The van der Waals surface area contributed by atoms with E-state index in [1.807, 2.05) is 0 Å². The van der Waals surface area contributed by atoms with Crippen molar-refractivity contribution in [3.63, 3.8) is 0 Å². The van der Waals surface area contributed by atoms with E-state index in [-0.39, 0.29) is 0 Å². The van der Waals surface area contributed by atoms with Crippen LogP contribution >= 0.6 is 15.9 Å². The summed E-state index contributed by atoms with van der Waals surface area (Å²) in [5.74, 6) is -1.17. The molecule has 0 saturated carbocycles. The molecule has 0 aliphatic heterocycles. The Balaban J connectivity index is 2.47. The molecule has 0 amide bonds. The highest BCUT2D eigenvalue weighted by atomic mass is 79.9. The smallest absolute Gasteiger partial charge is 0.150 e. The molecule has 0 radical (unpaired) electrons. The van der Waals surface area contributed by atoms with E-state index >= 15 is 0 Å². The molecular weight excluding hydrogens is 280 g/mol. The number of benzene rings is 1.